The Hall–Kier alpha value is -2.15. The Kier molecular flexibility index (Phi) is 4.74. The lowest BCUT2D eigenvalue weighted by atomic mass is 10.0. The Bertz CT molecular complexity index is 550. The summed E-state index contributed by atoms with van der Waals surface area (Å²) in [5, 5.41) is 2.62. The van der Waals surface area contributed by atoms with E-state index in [0.29, 0.717) is 18.7 Å². The minimum absolute atomic E-state index is 0.0599. The van der Waals surface area contributed by atoms with Crippen LogP contribution in [0.1, 0.15) is 19.3 Å². The van der Waals surface area contributed by atoms with Crippen molar-refractivity contribution in [1.82, 2.24) is 4.90 Å². The van der Waals surface area contributed by atoms with Gasteiger partial charge in [-0.1, -0.05) is 6.42 Å². The van der Waals surface area contributed by atoms with E-state index in [1.54, 1.807) is 4.90 Å². The van der Waals surface area contributed by atoms with E-state index in [1.807, 2.05) is 0 Å². The Labute approximate surface area is 122 Å². The lowest BCUT2D eigenvalue weighted by Gasteiger charge is -2.32. The molecule has 1 unspecified atom stereocenters. The van der Waals surface area contributed by atoms with E-state index in [0.717, 1.165) is 18.9 Å². The van der Waals surface area contributed by atoms with Gasteiger partial charge in [0.2, 0.25) is 11.8 Å². The van der Waals surface area contributed by atoms with Crippen LogP contribution in [0.3, 0.4) is 0 Å². The lowest BCUT2D eigenvalue weighted by molar-refractivity contribution is -0.126. The van der Waals surface area contributed by atoms with Crippen molar-refractivity contribution >= 4 is 23.2 Å². The number of hydrogen-bond acceptors (Lipinski definition) is 4. The van der Waals surface area contributed by atoms with E-state index in [1.165, 1.54) is 12.1 Å². The van der Waals surface area contributed by atoms with Gasteiger partial charge in [-0.05, 0) is 37.6 Å². The zero-order valence-electron chi connectivity index (χ0n) is 11.6. The van der Waals surface area contributed by atoms with Crippen molar-refractivity contribution in [3.63, 3.8) is 0 Å². The van der Waals surface area contributed by atoms with Crippen molar-refractivity contribution in [2.24, 2.45) is 5.73 Å². The van der Waals surface area contributed by atoms with Crippen molar-refractivity contribution in [2.45, 2.75) is 25.3 Å². The van der Waals surface area contributed by atoms with Gasteiger partial charge in [0.25, 0.3) is 0 Å². The van der Waals surface area contributed by atoms with Gasteiger partial charge in [0.1, 0.15) is 5.82 Å². The molecule has 0 bridgehead atoms. The highest BCUT2D eigenvalue weighted by atomic mass is 19.1. The average Bonchev–Trinajstić information content (AvgIpc) is 2.42. The number of piperidine rings is 1. The minimum Gasteiger partial charge on any atom is -0.397 e. The third-order valence-corrected chi connectivity index (χ3v) is 3.58. The number of carbonyl (C=O) groups is 2. The SMILES string of the molecule is NC(=O)C1CCCCN1CC(=O)Nc1ccc(F)cc1N. The van der Waals surface area contributed by atoms with Crippen LogP contribution < -0.4 is 16.8 Å². The van der Waals surface area contributed by atoms with E-state index in [9.17, 15) is 14.0 Å². The summed E-state index contributed by atoms with van der Waals surface area (Å²) in [6, 6.07) is 3.36. The molecule has 1 atom stereocenters. The van der Waals surface area contributed by atoms with Gasteiger partial charge in [0, 0.05) is 0 Å². The number of benzene rings is 1. The van der Waals surface area contributed by atoms with Crippen LogP contribution in [-0.2, 0) is 9.59 Å². The summed E-state index contributed by atoms with van der Waals surface area (Å²) in [7, 11) is 0. The summed E-state index contributed by atoms with van der Waals surface area (Å²) in [4.78, 5) is 25.2. The maximum absolute atomic E-state index is 12.9. The van der Waals surface area contributed by atoms with Crippen LogP contribution in [0.15, 0.2) is 18.2 Å². The zero-order valence-corrected chi connectivity index (χ0v) is 11.6. The maximum atomic E-state index is 12.9. The number of halogens is 1. The van der Waals surface area contributed by atoms with Crippen LogP contribution in [0, 0.1) is 5.82 Å². The van der Waals surface area contributed by atoms with Crippen LogP contribution in [0.4, 0.5) is 15.8 Å². The molecule has 6 nitrogen and oxygen atoms in total. The predicted octanol–water partition coefficient (Wildman–Crippen LogP) is 0.686. The smallest absolute Gasteiger partial charge is 0.238 e. The number of hydrogen-bond donors (Lipinski definition) is 3. The molecule has 1 heterocycles. The fraction of sp³-hybridized carbons (Fsp3) is 0.429. The Morgan fingerprint density at radius 3 is 2.81 bits per heavy atom. The molecule has 7 heteroatoms. The molecule has 1 fully saturated rings. The van der Waals surface area contributed by atoms with Crippen molar-refractivity contribution in [3.05, 3.63) is 24.0 Å². The minimum atomic E-state index is -0.463. The van der Waals surface area contributed by atoms with Gasteiger partial charge < -0.3 is 16.8 Å². The summed E-state index contributed by atoms with van der Waals surface area (Å²) >= 11 is 0. The molecule has 0 radical (unpaired) electrons. The molecule has 1 saturated heterocycles. The topological polar surface area (TPSA) is 101 Å². The molecule has 0 saturated carbocycles. The third kappa shape index (κ3) is 3.91. The van der Waals surface area contributed by atoms with Gasteiger partial charge >= 0.3 is 0 Å². The molecule has 1 aromatic carbocycles. The summed E-state index contributed by atoms with van der Waals surface area (Å²) in [6.45, 7) is 0.713. The van der Waals surface area contributed by atoms with Crippen LogP contribution in [0.5, 0.6) is 0 Å². The summed E-state index contributed by atoms with van der Waals surface area (Å²) in [5.74, 6) is -1.18. The van der Waals surface area contributed by atoms with Crippen molar-refractivity contribution in [3.8, 4) is 0 Å². The lowest BCUT2D eigenvalue weighted by Crippen LogP contribution is -2.50. The number of nitrogens with zero attached hydrogens (tertiary/aromatic N) is 1. The van der Waals surface area contributed by atoms with Gasteiger partial charge in [0.05, 0.1) is 24.0 Å². The zero-order chi connectivity index (χ0) is 15.4. The van der Waals surface area contributed by atoms with E-state index < -0.39 is 17.8 Å². The molecule has 2 rings (SSSR count). The van der Waals surface area contributed by atoms with Crippen LogP contribution in [0.25, 0.3) is 0 Å². The highest BCUT2D eigenvalue weighted by Crippen LogP contribution is 2.20. The maximum Gasteiger partial charge on any atom is 0.238 e. The van der Waals surface area contributed by atoms with Crippen LogP contribution in [0.2, 0.25) is 0 Å². The second-order valence-corrected chi connectivity index (χ2v) is 5.16. The number of rotatable bonds is 4. The molecule has 1 aliphatic heterocycles. The molecule has 1 aromatic rings. The molecule has 0 spiro atoms. The fourth-order valence-corrected chi connectivity index (χ4v) is 2.52. The molecular weight excluding hydrogens is 275 g/mol. The summed E-state index contributed by atoms with van der Waals surface area (Å²) < 4.78 is 12.9. The quantitative estimate of drug-likeness (QED) is 0.711. The van der Waals surface area contributed by atoms with Gasteiger partial charge in [-0.3, -0.25) is 14.5 Å². The van der Waals surface area contributed by atoms with Crippen molar-refractivity contribution < 1.29 is 14.0 Å². The van der Waals surface area contributed by atoms with E-state index in [-0.39, 0.29) is 18.1 Å². The monoisotopic (exact) mass is 294 g/mol. The van der Waals surface area contributed by atoms with Crippen molar-refractivity contribution in [2.75, 3.05) is 24.1 Å². The first-order valence-corrected chi connectivity index (χ1v) is 6.85. The highest BCUT2D eigenvalue weighted by molar-refractivity contribution is 5.95. The van der Waals surface area contributed by atoms with Crippen molar-refractivity contribution in [1.29, 1.82) is 0 Å². The molecule has 2 amide bonds. The average molecular weight is 294 g/mol. The predicted molar refractivity (Wildman–Crippen MR) is 77.8 cm³/mol. The second-order valence-electron chi connectivity index (χ2n) is 5.16. The van der Waals surface area contributed by atoms with Gasteiger partial charge in [-0.2, -0.15) is 0 Å². The Balaban J connectivity index is 1.98. The first-order chi connectivity index (χ1) is 9.97. The first-order valence-electron chi connectivity index (χ1n) is 6.85. The van der Waals surface area contributed by atoms with Crippen LogP contribution >= 0.6 is 0 Å². The first kappa shape index (κ1) is 15.2. The van der Waals surface area contributed by atoms with Gasteiger partial charge in [0.15, 0.2) is 0 Å². The Morgan fingerprint density at radius 2 is 2.14 bits per heavy atom. The molecule has 114 valence electrons. The molecule has 5 N–H and O–H groups in total. The van der Waals surface area contributed by atoms with E-state index in [4.69, 9.17) is 11.5 Å². The number of amides is 2. The van der Waals surface area contributed by atoms with Gasteiger partial charge in [-0.15, -0.1) is 0 Å². The molecule has 21 heavy (non-hydrogen) atoms. The summed E-state index contributed by atoms with van der Waals surface area (Å²) in [5.41, 5.74) is 11.5. The van der Waals surface area contributed by atoms with E-state index in [2.05, 4.69) is 5.32 Å². The van der Waals surface area contributed by atoms with Gasteiger partial charge in [-0.25, -0.2) is 4.39 Å². The number of nitrogens with one attached hydrogen (secondary N) is 1. The number of carbonyl (C=O) groups excluding carboxylic acids is 2. The normalized spacial score (nSPS) is 19.2. The number of primary amides is 1. The molecule has 0 aromatic heterocycles. The highest BCUT2D eigenvalue weighted by Gasteiger charge is 2.28. The van der Waals surface area contributed by atoms with Crippen LogP contribution in [-0.4, -0.2) is 35.8 Å². The molecule has 0 aliphatic carbocycles. The number of nitrogen functional groups attached to an aromatic ring is 1. The Morgan fingerprint density at radius 1 is 1.38 bits per heavy atom. The molecular formula is C14H19FN4O2. The fourth-order valence-electron chi connectivity index (χ4n) is 2.52. The number of anilines is 2. The standard InChI is InChI=1S/C14H19FN4O2/c15-9-4-5-11(10(16)7-9)18-13(20)8-19-6-2-1-3-12(19)14(17)21/h4-5,7,12H,1-3,6,8,16H2,(H2,17,21)(H,18,20). The number of likely N-dealkylation sites (tertiary alicyclic amines) is 1. The van der Waals surface area contributed by atoms with E-state index >= 15 is 0 Å². The molecule has 1 aliphatic rings. The third-order valence-electron chi connectivity index (χ3n) is 3.58. The number of nitrogens with two attached hydrogens (primary N) is 2. The second kappa shape index (κ2) is 6.53. The largest absolute Gasteiger partial charge is 0.397 e. The summed E-state index contributed by atoms with van der Waals surface area (Å²) in [6.07, 6.45) is 2.52.